The summed E-state index contributed by atoms with van der Waals surface area (Å²) in [6.45, 7) is 4.78. The van der Waals surface area contributed by atoms with Crippen molar-refractivity contribution in [3.8, 4) is 0 Å². The van der Waals surface area contributed by atoms with Gasteiger partial charge in [0.15, 0.2) is 0 Å². The van der Waals surface area contributed by atoms with Crippen molar-refractivity contribution in [2.45, 2.75) is 19.3 Å². The van der Waals surface area contributed by atoms with Crippen LogP contribution in [0.2, 0.25) is 5.15 Å². The molecule has 0 aromatic carbocycles. The first kappa shape index (κ1) is 16.0. The predicted molar refractivity (Wildman–Crippen MR) is 60.4 cm³/mol. The molecule has 1 aliphatic heterocycles. The zero-order chi connectivity index (χ0) is 10.3. The maximum atomic E-state index is 11.5. The van der Waals surface area contributed by atoms with Gasteiger partial charge >= 0.3 is 29.6 Å². The molecular weight excluding hydrogens is 233 g/mol. The number of hydrogen-bond acceptors (Lipinski definition) is 2. The van der Waals surface area contributed by atoms with Gasteiger partial charge in [-0.2, -0.15) is 0 Å². The summed E-state index contributed by atoms with van der Waals surface area (Å²) in [7, 11) is 0. The molecule has 2 heterocycles. The fourth-order valence-corrected chi connectivity index (χ4v) is 1.82. The Balaban J connectivity index is 0.00000112. The van der Waals surface area contributed by atoms with Gasteiger partial charge in [-0.05, 0) is 11.6 Å². The third-order valence-electron chi connectivity index (χ3n) is 2.54. The molecule has 1 amide bonds. The maximum Gasteiger partial charge on any atom is 1.00 e. The first-order valence-electron chi connectivity index (χ1n) is 4.45. The summed E-state index contributed by atoms with van der Waals surface area (Å²) in [4.78, 5) is 15.4. The number of hydrogen-bond donors (Lipinski definition) is 1. The van der Waals surface area contributed by atoms with Gasteiger partial charge in [-0.3, -0.25) is 4.79 Å². The van der Waals surface area contributed by atoms with Crippen LogP contribution in [0, 0.1) is 0 Å². The Bertz CT molecular complexity index is 412. The van der Waals surface area contributed by atoms with Crippen LogP contribution in [0.25, 0.3) is 0 Å². The molecule has 0 atom stereocenters. The Hall–Kier alpha value is -0.0251. The zero-order valence-corrected chi connectivity index (χ0v) is 12.4. The van der Waals surface area contributed by atoms with E-state index in [2.05, 4.69) is 24.1 Å². The van der Waals surface area contributed by atoms with E-state index in [1.54, 1.807) is 6.07 Å². The van der Waals surface area contributed by atoms with Crippen LogP contribution in [0.4, 0.5) is 0 Å². The fraction of sp³-hybridized carbons (Fsp3) is 0.400. The van der Waals surface area contributed by atoms with Gasteiger partial charge in [0.25, 0.3) is 5.91 Å². The summed E-state index contributed by atoms with van der Waals surface area (Å²) in [5, 5.41) is 3.26. The van der Waals surface area contributed by atoms with Crippen molar-refractivity contribution in [3.05, 3.63) is 28.5 Å². The number of pyridine rings is 1. The van der Waals surface area contributed by atoms with Gasteiger partial charge in [0.1, 0.15) is 5.15 Å². The topological polar surface area (TPSA) is 42.0 Å². The van der Waals surface area contributed by atoms with Gasteiger partial charge in [0.05, 0.1) is 5.56 Å². The van der Waals surface area contributed by atoms with Crippen LogP contribution in [-0.2, 0) is 5.41 Å². The Morgan fingerprint density at radius 2 is 2.12 bits per heavy atom. The molecule has 16 heavy (non-hydrogen) atoms. The van der Waals surface area contributed by atoms with Gasteiger partial charge in [-0.1, -0.05) is 25.4 Å². The summed E-state index contributed by atoms with van der Waals surface area (Å²) in [5.74, 6) is -0.0662. The van der Waals surface area contributed by atoms with Gasteiger partial charge in [-0.25, -0.2) is 4.98 Å². The Morgan fingerprint density at radius 3 is 2.75 bits per heavy atom. The van der Waals surface area contributed by atoms with Crippen LogP contribution >= 0.6 is 11.6 Å². The van der Waals surface area contributed by atoms with E-state index in [0.29, 0.717) is 17.3 Å². The normalized spacial score (nSPS) is 16.3. The van der Waals surface area contributed by atoms with E-state index in [9.17, 15) is 4.79 Å². The smallest absolute Gasteiger partial charge is 1.00 e. The molecule has 0 fully saturated rings. The number of halogens is 1. The van der Waals surface area contributed by atoms with Gasteiger partial charge in [-0.15, -0.1) is 0 Å². The number of rotatable bonds is 0. The largest absolute Gasteiger partial charge is 1.00 e. The Labute approximate surface area is 124 Å². The number of carbonyl (C=O) groups excluding carboxylic acids is 1. The molecule has 0 aliphatic carbocycles. The number of aromatic nitrogens is 1. The third kappa shape index (κ3) is 2.80. The number of nitrogens with one attached hydrogen (secondary N) is 1. The van der Waals surface area contributed by atoms with Crippen LogP contribution in [0.15, 0.2) is 12.3 Å². The average molecular weight is 244 g/mol. The van der Waals surface area contributed by atoms with Crippen LogP contribution in [-0.4, -0.2) is 25.8 Å². The molecular formula is C10H11BClN2NaO. The number of carbonyl (C=O) groups is 1. The van der Waals surface area contributed by atoms with Crippen molar-refractivity contribution in [2.24, 2.45) is 0 Å². The standard InChI is InChI=1S/C10H11ClN2O.B.Na/c1-10(2)5-13-9(14)6-4-12-8(11)3-7(6)10;;/h3-4H,5H2,1-2H3,(H,13,14);;/q;-1;+1. The summed E-state index contributed by atoms with van der Waals surface area (Å²) in [6, 6.07) is 1.77. The molecule has 78 valence electrons. The molecule has 1 aromatic heterocycles. The summed E-state index contributed by atoms with van der Waals surface area (Å²) in [5.41, 5.74) is 1.53. The fourth-order valence-electron chi connectivity index (χ4n) is 1.66. The maximum absolute atomic E-state index is 11.5. The van der Waals surface area contributed by atoms with Crippen LogP contribution < -0.4 is 34.9 Å². The van der Waals surface area contributed by atoms with Crippen molar-refractivity contribution < 1.29 is 34.4 Å². The quantitative estimate of drug-likeness (QED) is 0.440. The molecule has 1 aliphatic rings. The van der Waals surface area contributed by atoms with Crippen molar-refractivity contribution in [1.29, 1.82) is 0 Å². The van der Waals surface area contributed by atoms with Crippen molar-refractivity contribution in [3.63, 3.8) is 0 Å². The predicted octanol–water partition coefficient (Wildman–Crippen LogP) is -1.62. The first-order chi connectivity index (χ1) is 6.50. The second-order valence-electron chi connectivity index (χ2n) is 4.12. The number of nitrogens with zero attached hydrogens (tertiary/aromatic N) is 1. The average Bonchev–Trinajstić information content (AvgIpc) is 2.12. The molecule has 2 rings (SSSR count). The van der Waals surface area contributed by atoms with E-state index in [1.165, 1.54) is 6.20 Å². The molecule has 0 saturated carbocycles. The first-order valence-corrected chi connectivity index (χ1v) is 4.83. The summed E-state index contributed by atoms with van der Waals surface area (Å²) in [6.07, 6.45) is 1.54. The molecule has 1 N–H and O–H groups in total. The minimum Gasteiger partial charge on any atom is -1.00 e. The minimum absolute atomic E-state index is 0. The molecule has 0 spiro atoms. The van der Waals surface area contributed by atoms with E-state index in [0.717, 1.165) is 5.56 Å². The van der Waals surface area contributed by atoms with Gasteiger partial charge < -0.3 is 13.7 Å². The molecule has 0 unspecified atom stereocenters. The van der Waals surface area contributed by atoms with E-state index in [1.807, 2.05) is 0 Å². The summed E-state index contributed by atoms with van der Waals surface area (Å²) < 4.78 is 0. The van der Waals surface area contributed by atoms with E-state index in [4.69, 9.17) is 11.6 Å². The van der Waals surface area contributed by atoms with Crippen LogP contribution in [0.1, 0.15) is 29.8 Å². The zero-order valence-electron chi connectivity index (χ0n) is 9.67. The molecule has 1 aromatic rings. The molecule has 6 heteroatoms. The molecule has 3 nitrogen and oxygen atoms in total. The third-order valence-corrected chi connectivity index (χ3v) is 2.74. The van der Waals surface area contributed by atoms with E-state index >= 15 is 0 Å². The second-order valence-corrected chi connectivity index (χ2v) is 4.51. The SMILES string of the molecule is CC1(C)CNC(=O)c2cnc(Cl)cc21.[B-].[Na+]. The van der Waals surface area contributed by atoms with Crippen LogP contribution in [0.3, 0.4) is 0 Å². The monoisotopic (exact) mass is 244 g/mol. The van der Waals surface area contributed by atoms with Gasteiger partial charge in [0.2, 0.25) is 0 Å². The Kier molecular flexibility index (Phi) is 5.53. The molecule has 4 radical (unpaired) electrons. The summed E-state index contributed by atoms with van der Waals surface area (Å²) >= 11 is 5.81. The minimum atomic E-state index is -0.0736. The van der Waals surface area contributed by atoms with Gasteiger partial charge in [0, 0.05) is 18.2 Å². The second kappa shape index (κ2) is 5.54. The van der Waals surface area contributed by atoms with E-state index < -0.39 is 0 Å². The Morgan fingerprint density at radius 1 is 1.50 bits per heavy atom. The van der Waals surface area contributed by atoms with Crippen LogP contribution in [0.5, 0.6) is 0 Å². The van der Waals surface area contributed by atoms with Crippen molar-refractivity contribution in [1.82, 2.24) is 10.3 Å². The number of amides is 1. The van der Waals surface area contributed by atoms with Crippen molar-refractivity contribution in [2.75, 3.05) is 6.54 Å². The van der Waals surface area contributed by atoms with E-state index in [-0.39, 0.29) is 49.3 Å². The molecule has 0 saturated heterocycles. The molecule has 0 bridgehead atoms. The van der Waals surface area contributed by atoms with Crippen molar-refractivity contribution >= 4 is 25.9 Å². The number of fused-ring (bicyclic) bond motifs is 1.